The Morgan fingerprint density at radius 3 is 2.61 bits per heavy atom. The summed E-state index contributed by atoms with van der Waals surface area (Å²) in [5.74, 6) is -0.860. The molecule has 1 heterocycles. The fraction of sp³-hybridized carbons (Fsp3) is 0.615. The third kappa shape index (κ3) is 4.08. The van der Waals surface area contributed by atoms with Crippen molar-refractivity contribution in [1.82, 2.24) is 4.90 Å². The van der Waals surface area contributed by atoms with Gasteiger partial charge in [0.15, 0.2) is 0 Å². The summed E-state index contributed by atoms with van der Waals surface area (Å²) in [4.78, 5) is 14.6. The van der Waals surface area contributed by atoms with Crippen LogP contribution >= 0.6 is 11.3 Å². The van der Waals surface area contributed by atoms with E-state index >= 15 is 0 Å². The average molecular weight is 271 g/mol. The van der Waals surface area contributed by atoms with Crippen LogP contribution in [0, 0.1) is 6.92 Å². The minimum absolute atomic E-state index is 0.187. The normalized spacial score (nSPS) is 11.4. The number of hydrogen-bond donors (Lipinski definition) is 2. The van der Waals surface area contributed by atoms with Gasteiger partial charge in [0.2, 0.25) is 0 Å². The number of hydrogen-bond acceptors (Lipinski definition) is 4. The smallest absolute Gasteiger partial charge is 0.345 e. The maximum Gasteiger partial charge on any atom is 0.345 e. The number of aliphatic hydroxyl groups excluding tert-OH is 1. The van der Waals surface area contributed by atoms with Gasteiger partial charge in [0.05, 0.1) is 0 Å². The van der Waals surface area contributed by atoms with Crippen molar-refractivity contribution in [3.8, 4) is 0 Å². The van der Waals surface area contributed by atoms with Crippen molar-refractivity contribution in [3.63, 3.8) is 0 Å². The van der Waals surface area contributed by atoms with Gasteiger partial charge < -0.3 is 10.2 Å². The van der Waals surface area contributed by atoms with Crippen LogP contribution in [0.2, 0.25) is 0 Å². The molecule has 0 saturated heterocycles. The molecule has 0 bridgehead atoms. The highest BCUT2D eigenvalue weighted by Crippen LogP contribution is 2.23. The molecule has 5 heteroatoms. The Hall–Kier alpha value is -0.910. The van der Waals surface area contributed by atoms with E-state index in [2.05, 4.69) is 18.7 Å². The van der Waals surface area contributed by atoms with Crippen molar-refractivity contribution in [2.24, 2.45) is 0 Å². The van der Waals surface area contributed by atoms with Crippen molar-refractivity contribution in [2.45, 2.75) is 39.8 Å². The molecule has 0 aliphatic heterocycles. The standard InChI is InChI=1S/C13H21NO3S/c1-9(2)14(5-4-6-15)8-11-7-12(13(16)17)18-10(11)3/h7,9,15H,4-6,8H2,1-3H3,(H,16,17). The molecule has 0 unspecified atom stereocenters. The molecule has 102 valence electrons. The molecule has 0 radical (unpaired) electrons. The average Bonchev–Trinajstić information content (AvgIpc) is 2.66. The Morgan fingerprint density at radius 1 is 1.50 bits per heavy atom. The summed E-state index contributed by atoms with van der Waals surface area (Å²) < 4.78 is 0. The summed E-state index contributed by atoms with van der Waals surface area (Å²) in [7, 11) is 0. The molecule has 18 heavy (non-hydrogen) atoms. The predicted molar refractivity (Wildman–Crippen MR) is 73.3 cm³/mol. The SMILES string of the molecule is Cc1sc(C(=O)O)cc1CN(CCCO)C(C)C. The Balaban J connectivity index is 2.76. The van der Waals surface area contributed by atoms with Gasteiger partial charge in [-0.3, -0.25) is 4.90 Å². The molecule has 0 aromatic carbocycles. The lowest BCUT2D eigenvalue weighted by atomic mass is 10.2. The van der Waals surface area contributed by atoms with Crippen molar-refractivity contribution in [1.29, 1.82) is 0 Å². The van der Waals surface area contributed by atoms with Gasteiger partial charge in [-0.2, -0.15) is 0 Å². The van der Waals surface area contributed by atoms with Gasteiger partial charge in [0, 0.05) is 30.6 Å². The largest absolute Gasteiger partial charge is 0.477 e. The molecular weight excluding hydrogens is 250 g/mol. The Morgan fingerprint density at radius 2 is 2.17 bits per heavy atom. The number of aryl methyl sites for hydroxylation is 1. The molecular formula is C13H21NO3S. The number of carboxylic acid groups (broad SMARTS) is 1. The minimum atomic E-state index is -0.860. The van der Waals surface area contributed by atoms with E-state index in [4.69, 9.17) is 10.2 Å². The Bertz CT molecular complexity index is 401. The van der Waals surface area contributed by atoms with Gasteiger partial charge in [0.25, 0.3) is 0 Å². The first-order valence-corrected chi connectivity index (χ1v) is 6.94. The van der Waals surface area contributed by atoms with Crippen molar-refractivity contribution in [3.05, 3.63) is 21.4 Å². The molecule has 1 aromatic heterocycles. The highest BCUT2D eigenvalue weighted by Gasteiger charge is 2.15. The van der Waals surface area contributed by atoms with Crippen molar-refractivity contribution in [2.75, 3.05) is 13.2 Å². The molecule has 0 spiro atoms. The lowest BCUT2D eigenvalue weighted by Gasteiger charge is -2.26. The fourth-order valence-corrected chi connectivity index (χ4v) is 2.67. The molecule has 2 N–H and O–H groups in total. The summed E-state index contributed by atoms with van der Waals surface area (Å²) in [6.45, 7) is 7.93. The van der Waals surface area contributed by atoms with Crippen LogP contribution in [0.5, 0.6) is 0 Å². The Labute approximate surface area is 112 Å². The van der Waals surface area contributed by atoms with E-state index in [0.29, 0.717) is 10.9 Å². The highest BCUT2D eigenvalue weighted by atomic mass is 32.1. The van der Waals surface area contributed by atoms with Crippen LogP contribution in [0.3, 0.4) is 0 Å². The number of aliphatic hydroxyl groups is 1. The monoisotopic (exact) mass is 271 g/mol. The zero-order valence-electron chi connectivity index (χ0n) is 11.1. The van der Waals surface area contributed by atoms with E-state index in [9.17, 15) is 4.79 Å². The second kappa shape index (κ2) is 6.87. The van der Waals surface area contributed by atoms with Crippen LogP contribution in [-0.4, -0.2) is 40.3 Å². The van der Waals surface area contributed by atoms with E-state index < -0.39 is 5.97 Å². The summed E-state index contributed by atoms with van der Waals surface area (Å²) in [6, 6.07) is 2.14. The number of nitrogens with zero attached hydrogens (tertiary/aromatic N) is 1. The predicted octanol–water partition coefficient (Wildman–Crippen LogP) is 2.35. The second-order valence-corrected chi connectivity index (χ2v) is 5.89. The van der Waals surface area contributed by atoms with E-state index in [0.717, 1.165) is 30.0 Å². The molecule has 0 aliphatic carbocycles. The summed E-state index contributed by atoms with van der Waals surface area (Å²) in [5, 5.41) is 17.9. The number of carboxylic acids is 1. The summed E-state index contributed by atoms with van der Waals surface area (Å²) >= 11 is 1.32. The first-order valence-electron chi connectivity index (χ1n) is 6.13. The fourth-order valence-electron chi connectivity index (χ4n) is 1.79. The molecule has 4 nitrogen and oxygen atoms in total. The second-order valence-electron chi connectivity index (χ2n) is 4.64. The number of thiophene rings is 1. The van der Waals surface area contributed by atoms with Crippen molar-refractivity contribution >= 4 is 17.3 Å². The van der Waals surface area contributed by atoms with E-state index in [-0.39, 0.29) is 6.61 Å². The molecule has 0 saturated carbocycles. The quantitative estimate of drug-likeness (QED) is 0.799. The third-order valence-electron chi connectivity index (χ3n) is 2.94. The summed E-state index contributed by atoms with van der Waals surface area (Å²) in [5.41, 5.74) is 1.07. The number of rotatable bonds is 7. The molecule has 0 aliphatic rings. The number of aromatic carboxylic acids is 1. The third-order valence-corrected chi connectivity index (χ3v) is 4.02. The van der Waals surface area contributed by atoms with Crippen LogP contribution < -0.4 is 0 Å². The van der Waals surface area contributed by atoms with Crippen LogP contribution in [0.15, 0.2) is 6.07 Å². The molecule has 0 atom stereocenters. The van der Waals surface area contributed by atoms with Gasteiger partial charge in [-0.1, -0.05) is 0 Å². The highest BCUT2D eigenvalue weighted by molar-refractivity contribution is 7.14. The van der Waals surface area contributed by atoms with Crippen LogP contribution in [0.1, 0.15) is 40.4 Å². The van der Waals surface area contributed by atoms with Crippen molar-refractivity contribution < 1.29 is 15.0 Å². The zero-order valence-corrected chi connectivity index (χ0v) is 12.0. The minimum Gasteiger partial charge on any atom is -0.477 e. The van der Waals surface area contributed by atoms with Crippen LogP contribution in [0.4, 0.5) is 0 Å². The van der Waals surface area contributed by atoms with E-state index in [1.807, 2.05) is 6.92 Å². The first kappa shape index (κ1) is 15.1. The van der Waals surface area contributed by atoms with Gasteiger partial charge in [-0.15, -0.1) is 11.3 Å². The van der Waals surface area contributed by atoms with Gasteiger partial charge >= 0.3 is 5.97 Å². The van der Waals surface area contributed by atoms with E-state index in [1.54, 1.807) is 6.07 Å². The topological polar surface area (TPSA) is 60.8 Å². The van der Waals surface area contributed by atoms with Gasteiger partial charge in [-0.25, -0.2) is 4.79 Å². The lowest BCUT2D eigenvalue weighted by Crippen LogP contribution is -2.31. The first-order chi connectivity index (χ1) is 8.45. The molecule has 0 fully saturated rings. The van der Waals surface area contributed by atoms with Crippen LogP contribution in [0.25, 0.3) is 0 Å². The summed E-state index contributed by atoms with van der Waals surface area (Å²) in [6.07, 6.45) is 0.743. The maximum atomic E-state index is 10.9. The zero-order chi connectivity index (χ0) is 13.7. The van der Waals surface area contributed by atoms with Gasteiger partial charge in [-0.05, 0) is 38.8 Å². The maximum absolute atomic E-state index is 10.9. The lowest BCUT2D eigenvalue weighted by molar-refractivity contribution is 0.0702. The van der Waals surface area contributed by atoms with E-state index in [1.165, 1.54) is 11.3 Å². The molecule has 1 aromatic rings. The molecule has 1 rings (SSSR count). The van der Waals surface area contributed by atoms with Gasteiger partial charge in [0.1, 0.15) is 4.88 Å². The molecule has 0 amide bonds. The number of carbonyl (C=O) groups is 1. The Kier molecular flexibility index (Phi) is 5.78. The van der Waals surface area contributed by atoms with Crippen LogP contribution in [-0.2, 0) is 6.54 Å².